The number of aliphatic carboxylic acids is 1. The molecule has 0 saturated heterocycles. The molecule has 1 aromatic rings. The summed E-state index contributed by atoms with van der Waals surface area (Å²) in [4.78, 5) is 36.8. The zero-order valence-corrected chi connectivity index (χ0v) is 17.1. The minimum Gasteiger partial charge on any atom is -0.480 e. The van der Waals surface area contributed by atoms with Crippen molar-refractivity contribution in [3.05, 3.63) is 35.9 Å². The van der Waals surface area contributed by atoms with Crippen molar-refractivity contribution in [1.82, 2.24) is 10.6 Å². The quantitative estimate of drug-likeness (QED) is 0.457. The molecule has 0 aromatic heterocycles. The van der Waals surface area contributed by atoms with Crippen molar-refractivity contribution in [2.75, 3.05) is 0 Å². The maximum Gasteiger partial charge on any atom is 0.326 e. The third kappa shape index (κ3) is 7.68. The van der Waals surface area contributed by atoms with Crippen LogP contribution >= 0.6 is 0 Å². The molecule has 4 atom stereocenters. The van der Waals surface area contributed by atoms with Crippen LogP contribution in [0.2, 0.25) is 0 Å². The Balaban J connectivity index is 2.86. The first-order valence-electron chi connectivity index (χ1n) is 9.78. The summed E-state index contributed by atoms with van der Waals surface area (Å²) < 4.78 is 0. The van der Waals surface area contributed by atoms with Crippen LogP contribution in [0.15, 0.2) is 30.3 Å². The second-order valence-electron chi connectivity index (χ2n) is 7.70. The van der Waals surface area contributed by atoms with Crippen molar-refractivity contribution in [2.24, 2.45) is 17.6 Å². The third-order valence-corrected chi connectivity index (χ3v) is 4.75. The Labute approximate surface area is 167 Å². The summed E-state index contributed by atoms with van der Waals surface area (Å²) in [6.07, 6.45) is 1.32. The van der Waals surface area contributed by atoms with Crippen LogP contribution in [-0.2, 0) is 20.8 Å². The van der Waals surface area contributed by atoms with Crippen molar-refractivity contribution in [2.45, 2.75) is 65.1 Å². The summed E-state index contributed by atoms with van der Waals surface area (Å²) >= 11 is 0. The van der Waals surface area contributed by atoms with Gasteiger partial charge in [0.1, 0.15) is 12.1 Å². The molecule has 7 heteroatoms. The highest BCUT2D eigenvalue weighted by atomic mass is 16.4. The average molecular weight is 392 g/mol. The fourth-order valence-electron chi connectivity index (χ4n) is 2.89. The van der Waals surface area contributed by atoms with Gasteiger partial charge in [-0.15, -0.1) is 0 Å². The zero-order chi connectivity index (χ0) is 21.3. The molecule has 156 valence electrons. The SMILES string of the molecule is CCC(C)C(NC(=O)C(N)CC(C)C)C(=O)NC(Cc1ccccc1)C(=O)O. The Morgan fingerprint density at radius 1 is 1.04 bits per heavy atom. The van der Waals surface area contributed by atoms with E-state index in [4.69, 9.17) is 5.73 Å². The van der Waals surface area contributed by atoms with Crippen molar-refractivity contribution in [1.29, 1.82) is 0 Å². The lowest BCUT2D eigenvalue weighted by atomic mass is 9.96. The van der Waals surface area contributed by atoms with E-state index in [2.05, 4.69) is 10.6 Å². The monoisotopic (exact) mass is 391 g/mol. The van der Waals surface area contributed by atoms with Gasteiger partial charge in [-0.2, -0.15) is 0 Å². The first-order chi connectivity index (χ1) is 13.1. The molecule has 0 aliphatic rings. The van der Waals surface area contributed by atoms with Gasteiger partial charge in [0.05, 0.1) is 6.04 Å². The van der Waals surface area contributed by atoms with Gasteiger partial charge in [-0.1, -0.05) is 64.4 Å². The van der Waals surface area contributed by atoms with E-state index in [9.17, 15) is 19.5 Å². The van der Waals surface area contributed by atoms with Crippen LogP contribution in [0.1, 0.15) is 46.1 Å². The maximum atomic E-state index is 12.8. The Hall–Kier alpha value is -2.41. The lowest BCUT2D eigenvalue weighted by Crippen LogP contribution is -2.57. The molecule has 1 rings (SSSR count). The fourth-order valence-corrected chi connectivity index (χ4v) is 2.89. The van der Waals surface area contributed by atoms with E-state index >= 15 is 0 Å². The van der Waals surface area contributed by atoms with E-state index in [0.29, 0.717) is 12.8 Å². The summed E-state index contributed by atoms with van der Waals surface area (Å²) in [6.45, 7) is 7.68. The number of nitrogens with two attached hydrogens (primary N) is 1. The molecule has 0 fully saturated rings. The zero-order valence-electron chi connectivity index (χ0n) is 17.1. The van der Waals surface area contributed by atoms with Gasteiger partial charge in [0.15, 0.2) is 0 Å². The Bertz CT molecular complexity index is 648. The standard InChI is InChI=1S/C21H33N3O4/c1-5-14(4)18(24-19(25)16(22)11-13(2)3)20(26)23-17(21(27)28)12-15-9-7-6-8-10-15/h6-10,13-14,16-18H,5,11-12,22H2,1-4H3,(H,23,26)(H,24,25)(H,27,28). The van der Waals surface area contributed by atoms with E-state index in [1.54, 1.807) is 12.1 Å². The van der Waals surface area contributed by atoms with E-state index in [0.717, 1.165) is 5.56 Å². The summed E-state index contributed by atoms with van der Waals surface area (Å²) in [5, 5.41) is 14.8. The molecule has 0 heterocycles. The lowest BCUT2D eigenvalue weighted by molar-refractivity contribution is -0.142. The number of nitrogens with one attached hydrogen (secondary N) is 2. The van der Waals surface area contributed by atoms with Crippen molar-refractivity contribution < 1.29 is 19.5 Å². The molecule has 1 aromatic carbocycles. The first-order valence-corrected chi connectivity index (χ1v) is 9.78. The highest BCUT2D eigenvalue weighted by Gasteiger charge is 2.31. The Kier molecular flexibility index (Phi) is 9.65. The molecular weight excluding hydrogens is 358 g/mol. The van der Waals surface area contributed by atoms with Crippen LogP contribution in [0, 0.1) is 11.8 Å². The summed E-state index contributed by atoms with van der Waals surface area (Å²) in [7, 11) is 0. The number of benzene rings is 1. The molecule has 0 bridgehead atoms. The predicted molar refractivity (Wildman–Crippen MR) is 109 cm³/mol. The van der Waals surface area contributed by atoms with Crippen LogP contribution in [0.25, 0.3) is 0 Å². The third-order valence-electron chi connectivity index (χ3n) is 4.75. The van der Waals surface area contributed by atoms with Gasteiger partial charge in [0, 0.05) is 6.42 Å². The Morgan fingerprint density at radius 2 is 1.64 bits per heavy atom. The van der Waals surface area contributed by atoms with Crippen LogP contribution in [0.4, 0.5) is 0 Å². The van der Waals surface area contributed by atoms with E-state index in [1.807, 2.05) is 45.9 Å². The topological polar surface area (TPSA) is 122 Å². The molecule has 5 N–H and O–H groups in total. The summed E-state index contributed by atoms with van der Waals surface area (Å²) in [6, 6.07) is 6.45. The summed E-state index contributed by atoms with van der Waals surface area (Å²) in [5.74, 6) is -1.95. The van der Waals surface area contributed by atoms with Crippen molar-refractivity contribution >= 4 is 17.8 Å². The highest BCUT2D eigenvalue weighted by Crippen LogP contribution is 2.11. The van der Waals surface area contributed by atoms with Gasteiger partial charge in [0.2, 0.25) is 11.8 Å². The molecule has 0 aliphatic carbocycles. The molecule has 4 unspecified atom stereocenters. The number of amides is 2. The van der Waals surface area contributed by atoms with Crippen molar-refractivity contribution in [3.8, 4) is 0 Å². The number of hydrogen-bond acceptors (Lipinski definition) is 4. The van der Waals surface area contributed by atoms with Crippen molar-refractivity contribution in [3.63, 3.8) is 0 Å². The maximum absolute atomic E-state index is 12.8. The first kappa shape index (κ1) is 23.6. The van der Waals surface area contributed by atoms with Gasteiger partial charge >= 0.3 is 5.97 Å². The van der Waals surface area contributed by atoms with Gasteiger partial charge in [-0.3, -0.25) is 9.59 Å². The summed E-state index contributed by atoms with van der Waals surface area (Å²) in [5.41, 5.74) is 6.73. The molecule has 0 aliphatic heterocycles. The normalized spacial score (nSPS) is 15.4. The van der Waals surface area contributed by atoms with Crippen LogP contribution in [0.3, 0.4) is 0 Å². The molecule has 0 saturated carbocycles. The van der Waals surface area contributed by atoms with E-state index < -0.39 is 35.9 Å². The number of rotatable bonds is 11. The second kappa shape index (κ2) is 11.4. The molecular formula is C21H33N3O4. The minimum atomic E-state index is -1.12. The smallest absolute Gasteiger partial charge is 0.326 e. The van der Waals surface area contributed by atoms with E-state index in [1.165, 1.54) is 0 Å². The van der Waals surface area contributed by atoms with Crippen LogP contribution in [0.5, 0.6) is 0 Å². The lowest BCUT2D eigenvalue weighted by Gasteiger charge is -2.27. The predicted octanol–water partition coefficient (Wildman–Crippen LogP) is 1.70. The van der Waals surface area contributed by atoms with Crippen LogP contribution in [-0.4, -0.2) is 41.0 Å². The fraction of sp³-hybridized carbons (Fsp3) is 0.571. The number of carboxylic acid groups (broad SMARTS) is 1. The molecule has 28 heavy (non-hydrogen) atoms. The Morgan fingerprint density at radius 3 is 2.14 bits per heavy atom. The molecule has 7 nitrogen and oxygen atoms in total. The number of hydrogen-bond donors (Lipinski definition) is 4. The minimum absolute atomic E-state index is 0.163. The van der Waals surface area contributed by atoms with E-state index in [-0.39, 0.29) is 18.3 Å². The molecule has 0 spiro atoms. The van der Waals surface area contributed by atoms with Crippen LogP contribution < -0.4 is 16.4 Å². The van der Waals surface area contributed by atoms with Gasteiger partial charge in [-0.05, 0) is 23.8 Å². The number of carboxylic acids is 1. The van der Waals surface area contributed by atoms with Gasteiger partial charge in [0.25, 0.3) is 0 Å². The van der Waals surface area contributed by atoms with Gasteiger partial charge in [-0.25, -0.2) is 4.79 Å². The number of carbonyl (C=O) groups is 3. The number of carbonyl (C=O) groups excluding carboxylic acids is 2. The highest BCUT2D eigenvalue weighted by molar-refractivity contribution is 5.92. The van der Waals surface area contributed by atoms with Gasteiger partial charge < -0.3 is 21.5 Å². The molecule has 2 amide bonds. The second-order valence-corrected chi connectivity index (χ2v) is 7.70. The molecule has 0 radical (unpaired) electrons. The average Bonchev–Trinajstić information content (AvgIpc) is 2.64. The largest absolute Gasteiger partial charge is 0.480 e.